The summed E-state index contributed by atoms with van der Waals surface area (Å²) in [6.45, 7) is 0. The molecule has 0 saturated carbocycles. The molecular formula is H6Cr2O3. The molecule has 3 nitrogen and oxygen atoms in total. The average Bonchev–Trinajstić information content (AvgIpc) is 0. The summed E-state index contributed by atoms with van der Waals surface area (Å²) in [4.78, 5) is 0. The molecule has 0 aromatic heterocycles. The van der Waals surface area contributed by atoms with Crippen molar-refractivity contribution in [1.29, 1.82) is 0 Å². The van der Waals surface area contributed by atoms with Crippen LogP contribution in [0, 0.1) is 0 Å². The van der Waals surface area contributed by atoms with Crippen LogP contribution in [0.3, 0.4) is 0 Å². The van der Waals surface area contributed by atoms with Gasteiger partial charge in [-0.05, 0) is 0 Å². The van der Waals surface area contributed by atoms with Gasteiger partial charge in [-0.15, -0.1) is 0 Å². The normalized spacial score (nSPS) is 0. The molecular weight excluding hydrogens is 152 g/mol. The van der Waals surface area contributed by atoms with E-state index in [2.05, 4.69) is 0 Å². The van der Waals surface area contributed by atoms with Crippen LogP contribution in [0.1, 0.15) is 0 Å². The maximum absolute atomic E-state index is 0. The second-order valence-electron chi connectivity index (χ2n) is 0. The van der Waals surface area contributed by atoms with Gasteiger partial charge in [-0.25, -0.2) is 0 Å². The summed E-state index contributed by atoms with van der Waals surface area (Å²) in [5, 5.41) is 0. The van der Waals surface area contributed by atoms with Crippen LogP contribution in [-0.4, -0.2) is 16.4 Å². The molecule has 36 valence electrons. The third-order valence-electron chi connectivity index (χ3n) is 0. The van der Waals surface area contributed by atoms with E-state index in [-0.39, 0.29) is 51.2 Å². The Labute approximate surface area is 51.6 Å². The maximum Gasteiger partial charge on any atom is 0 e. The zero-order valence-electron chi connectivity index (χ0n) is 2.32. The van der Waals surface area contributed by atoms with Crippen molar-refractivity contribution >= 4 is 0 Å². The second kappa shape index (κ2) is 86.2. The van der Waals surface area contributed by atoms with Crippen molar-refractivity contribution in [2.45, 2.75) is 0 Å². The van der Waals surface area contributed by atoms with E-state index in [1.54, 1.807) is 0 Å². The molecule has 0 saturated heterocycles. The Kier molecular flexibility index (Phi) is 2810. The van der Waals surface area contributed by atoms with Crippen LogP contribution in [-0.2, 0) is 34.7 Å². The van der Waals surface area contributed by atoms with Crippen molar-refractivity contribution in [3.05, 3.63) is 0 Å². The summed E-state index contributed by atoms with van der Waals surface area (Å²) < 4.78 is 0. The quantitative estimate of drug-likeness (QED) is 0.373. The van der Waals surface area contributed by atoms with E-state index in [4.69, 9.17) is 0 Å². The van der Waals surface area contributed by atoms with Gasteiger partial charge in [0.15, 0.2) is 0 Å². The Bertz CT molecular complexity index is 4.85. The fraction of sp³-hybridized carbons (Fsp3) is 0. The molecule has 0 heterocycles. The molecule has 5 heavy (non-hydrogen) atoms. The Morgan fingerprint density at radius 2 is 0.400 bits per heavy atom. The molecule has 0 amide bonds. The molecule has 0 aliphatic rings. The van der Waals surface area contributed by atoms with E-state index >= 15 is 0 Å². The van der Waals surface area contributed by atoms with E-state index in [0.717, 1.165) is 0 Å². The summed E-state index contributed by atoms with van der Waals surface area (Å²) in [7, 11) is 0. The fourth-order valence-corrected chi connectivity index (χ4v) is 0. The van der Waals surface area contributed by atoms with Gasteiger partial charge in [0.1, 0.15) is 0 Å². The zero-order chi connectivity index (χ0) is 0. The first-order valence-corrected chi connectivity index (χ1v) is 0. The molecule has 0 rings (SSSR count). The van der Waals surface area contributed by atoms with Crippen molar-refractivity contribution < 1.29 is 51.2 Å². The zero-order valence-corrected chi connectivity index (χ0v) is 4.87. The van der Waals surface area contributed by atoms with Crippen molar-refractivity contribution in [1.82, 2.24) is 0 Å². The Morgan fingerprint density at radius 1 is 0.400 bits per heavy atom. The third-order valence-corrected chi connectivity index (χ3v) is 0. The first-order valence-electron chi connectivity index (χ1n) is 0. The van der Waals surface area contributed by atoms with Crippen LogP contribution in [0.15, 0.2) is 0 Å². The average molecular weight is 158 g/mol. The summed E-state index contributed by atoms with van der Waals surface area (Å²) in [5.74, 6) is 0. The maximum atomic E-state index is 0. The first-order chi connectivity index (χ1) is 0. The molecule has 0 aliphatic heterocycles. The molecule has 0 radical (unpaired) electrons. The largest absolute Gasteiger partial charge is 0.412 e. The molecule has 0 aliphatic carbocycles. The smallest absolute Gasteiger partial charge is 0 e. The van der Waals surface area contributed by atoms with Gasteiger partial charge in [-0.1, -0.05) is 0 Å². The minimum Gasteiger partial charge on any atom is -0.412 e. The minimum atomic E-state index is 0. The van der Waals surface area contributed by atoms with Crippen molar-refractivity contribution in [2.75, 3.05) is 0 Å². The number of hydrogen-bond donors (Lipinski definition) is 0. The Balaban J connectivity index is 0. The first kappa shape index (κ1) is 163. The molecule has 5 heteroatoms. The molecule has 0 atom stereocenters. The molecule has 0 fully saturated rings. The predicted molar refractivity (Wildman–Crippen MR) is 10.8 cm³/mol. The van der Waals surface area contributed by atoms with Gasteiger partial charge >= 0.3 is 0 Å². The molecule has 0 aromatic carbocycles. The van der Waals surface area contributed by atoms with Gasteiger partial charge in [-0.3, -0.25) is 0 Å². The van der Waals surface area contributed by atoms with Crippen LogP contribution in [0.25, 0.3) is 0 Å². The third kappa shape index (κ3) is 48.0. The van der Waals surface area contributed by atoms with Gasteiger partial charge in [0.2, 0.25) is 0 Å². The van der Waals surface area contributed by atoms with Crippen molar-refractivity contribution in [3.8, 4) is 0 Å². The molecule has 0 unspecified atom stereocenters. The molecule has 6 N–H and O–H groups in total. The SMILES string of the molecule is O.O.O.[Cr].[Cr]. The van der Waals surface area contributed by atoms with Crippen LogP contribution in [0.4, 0.5) is 0 Å². The number of hydrogen-bond acceptors (Lipinski definition) is 0. The van der Waals surface area contributed by atoms with Crippen LogP contribution >= 0.6 is 0 Å². The van der Waals surface area contributed by atoms with Gasteiger partial charge in [0.05, 0.1) is 0 Å². The number of rotatable bonds is 0. The summed E-state index contributed by atoms with van der Waals surface area (Å²) in [6, 6.07) is 0. The summed E-state index contributed by atoms with van der Waals surface area (Å²) in [5.41, 5.74) is 0. The van der Waals surface area contributed by atoms with E-state index in [0.29, 0.717) is 0 Å². The van der Waals surface area contributed by atoms with Crippen molar-refractivity contribution in [3.63, 3.8) is 0 Å². The minimum absolute atomic E-state index is 0. The second-order valence-corrected chi connectivity index (χ2v) is 0. The Hall–Kier alpha value is 0.945. The predicted octanol–water partition coefficient (Wildman–Crippen LogP) is -2.48. The molecule has 0 spiro atoms. The van der Waals surface area contributed by atoms with Crippen LogP contribution < -0.4 is 0 Å². The van der Waals surface area contributed by atoms with Crippen LogP contribution in [0.5, 0.6) is 0 Å². The van der Waals surface area contributed by atoms with E-state index in [9.17, 15) is 0 Å². The summed E-state index contributed by atoms with van der Waals surface area (Å²) in [6.07, 6.45) is 0. The van der Waals surface area contributed by atoms with Gasteiger partial charge in [-0.2, -0.15) is 0 Å². The molecule has 0 bridgehead atoms. The molecule has 0 aromatic rings. The monoisotopic (exact) mass is 158 g/mol. The summed E-state index contributed by atoms with van der Waals surface area (Å²) >= 11 is 0. The fourth-order valence-electron chi connectivity index (χ4n) is 0. The topological polar surface area (TPSA) is 94.5 Å². The van der Waals surface area contributed by atoms with Gasteiger partial charge in [0.25, 0.3) is 0 Å². The van der Waals surface area contributed by atoms with Crippen LogP contribution in [0.2, 0.25) is 0 Å². The van der Waals surface area contributed by atoms with E-state index in [1.807, 2.05) is 0 Å². The Morgan fingerprint density at radius 3 is 0.400 bits per heavy atom. The van der Waals surface area contributed by atoms with Gasteiger partial charge in [0, 0.05) is 34.7 Å². The van der Waals surface area contributed by atoms with E-state index in [1.165, 1.54) is 0 Å². The van der Waals surface area contributed by atoms with E-state index < -0.39 is 0 Å². The standard InChI is InChI=1S/2Cr.3H2O/h;;3*1H2. The van der Waals surface area contributed by atoms with Gasteiger partial charge < -0.3 is 16.4 Å². The van der Waals surface area contributed by atoms with Crippen molar-refractivity contribution in [2.24, 2.45) is 0 Å².